The fourth-order valence-electron chi connectivity index (χ4n) is 4.02. The van der Waals surface area contributed by atoms with Crippen molar-refractivity contribution in [3.8, 4) is 0 Å². The Bertz CT molecular complexity index is 743. The fraction of sp³-hybridized carbons (Fsp3) is 0.619. The molecule has 4 atom stereocenters. The van der Waals surface area contributed by atoms with E-state index in [9.17, 15) is 23.5 Å². The molecular formula is C21H28F2N2O5. The summed E-state index contributed by atoms with van der Waals surface area (Å²) in [7, 11) is 0. The Balaban J connectivity index is 1.55. The van der Waals surface area contributed by atoms with Crippen LogP contribution < -0.4 is 5.32 Å². The number of carbonyl (C=O) groups is 2. The highest BCUT2D eigenvalue weighted by atomic mass is 19.1. The van der Waals surface area contributed by atoms with Gasteiger partial charge in [-0.1, -0.05) is 6.92 Å². The minimum absolute atomic E-state index is 0.0199. The standard InChI is InChI=1S/C21H28F2N2O5/c1-2-21(28)25-10-16(26)11-29-12-19-18(25)4-3-17(30-19)8-20(27)24-9-13-5-14(22)7-15(23)6-13/h5-7,16-19,26H,2-4,8-12H2,1H3,(H,24,27)/t16-,17-,18-,19+/m0/s1. The molecule has 2 N–H and O–H groups in total. The van der Waals surface area contributed by atoms with Gasteiger partial charge in [0.25, 0.3) is 0 Å². The second-order valence-corrected chi connectivity index (χ2v) is 7.79. The summed E-state index contributed by atoms with van der Waals surface area (Å²) in [4.78, 5) is 26.3. The van der Waals surface area contributed by atoms with E-state index in [2.05, 4.69) is 5.32 Å². The van der Waals surface area contributed by atoms with Crippen molar-refractivity contribution in [3.63, 3.8) is 0 Å². The summed E-state index contributed by atoms with van der Waals surface area (Å²) in [5, 5.41) is 12.7. The van der Waals surface area contributed by atoms with Crippen LogP contribution in [0.15, 0.2) is 18.2 Å². The maximum Gasteiger partial charge on any atom is 0.222 e. The first-order valence-corrected chi connectivity index (χ1v) is 10.3. The smallest absolute Gasteiger partial charge is 0.222 e. The van der Waals surface area contributed by atoms with Crippen molar-refractivity contribution < 1.29 is 33.0 Å². The molecule has 166 valence electrons. The third-order valence-corrected chi connectivity index (χ3v) is 5.43. The second kappa shape index (κ2) is 10.3. The van der Waals surface area contributed by atoms with Gasteiger partial charge >= 0.3 is 0 Å². The van der Waals surface area contributed by atoms with Crippen molar-refractivity contribution in [3.05, 3.63) is 35.4 Å². The number of nitrogens with one attached hydrogen (secondary N) is 1. The molecule has 1 aromatic rings. The lowest BCUT2D eigenvalue weighted by molar-refractivity contribution is -0.169. The van der Waals surface area contributed by atoms with E-state index in [1.54, 1.807) is 11.8 Å². The van der Waals surface area contributed by atoms with Crippen LogP contribution in [0.4, 0.5) is 8.78 Å². The molecule has 2 aliphatic heterocycles. The van der Waals surface area contributed by atoms with Gasteiger partial charge < -0.3 is 24.8 Å². The Morgan fingerprint density at radius 3 is 2.63 bits per heavy atom. The summed E-state index contributed by atoms with van der Waals surface area (Å²) >= 11 is 0. The number of nitrogens with zero attached hydrogens (tertiary/aromatic N) is 1. The highest BCUT2D eigenvalue weighted by Crippen LogP contribution is 2.28. The average Bonchev–Trinajstić information content (AvgIpc) is 2.68. The summed E-state index contributed by atoms with van der Waals surface area (Å²) in [6, 6.07) is 2.91. The van der Waals surface area contributed by atoms with E-state index >= 15 is 0 Å². The average molecular weight is 426 g/mol. The van der Waals surface area contributed by atoms with E-state index in [4.69, 9.17) is 9.47 Å². The number of carbonyl (C=O) groups excluding carboxylic acids is 2. The SMILES string of the molecule is CCC(=O)N1C[C@H](O)COC[C@H]2O[C@H](CC(=O)NCc3cc(F)cc(F)c3)CC[C@@H]21. The number of β-amino-alcohol motifs (C(OH)–C–C–N with tert-alkyl or cyclic N) is 1. The Kier molecular flexibility index (Phi) is 7.74. The van der Waals surface area contributed by atoms with Gasteiger partial charge in [-0.15, -0.1) is 0 Å². The summed E-state index contributed by atoms with van der Waals surface area (Å²) in [5.74, 6) is -1.72. The Morgan fingerprint density at radius 1 is 1.20 bits per heavy atom. The first kappa shape index (κ1) is 22.6. The number of amides is 2. The van der Waals surface area contributed by atoms with Crippen molar-refractivity contribution in [2.75, 3.05) is 19.8 Å². The number of halogens is 2. The number of hydrogen-bond acceptors (Lipinski definition) is 5. The normalized spacial score (nSPS) is 27.0. The van der Waals surface area contributed by atoms with Crippen molar-refractivity contribution >= 4 is 11.8 Å². The van der Waals surface area contributed by atoms with Gasteiger partial charge in [-0.2, -0.15) is 0 Å². The third-order valence-electron chi connectivity index (χ3n) is 5.43. The van der Waals surface area contributed by atoms with Crippen LogP contribution in [-0.2, 0) is 25.6 Å². The summed E-state index contributed by atoms with van der Waals surface area (Å²) in [6.45, 7) is 2.35. The number of aliphatic hydroxyl groups is 1. The molecule has 30 heavy (non-hydrogen) atoms. The highest BCUT2D eigenvalue weighted by Gasteiger charge is 2.39. The number of hydrogen-bond donors (Lipinski definition) is 2. The molecule has 2 saturated heterocycles. The predicted octanol–water partition coefficient (Wildman–Crippen LogP) is 1.52. The lowest BCUT2D eigenvalue weighted by atomic mass is 9.94. The van der Waals surface area contributed by atoms with Crippen molar-refractivity contribution in [2.45, 2.75) is 63.5 Å². The van der Waals surface area contributed by atoms with Gasteiger partial charge in [-0.25, -0.2) is 8.78 Å². The van der Waals surface area contributed by atoms with Gasteiger partial charge in [-0.3, -0.25) is 9.59 Å². The molecule has 0 aliphatic carbocycles. The van der Waals surface area contributed by atoms with Crippen molar-refractivity contribution in [1.82, 2.24) is 10.2 Å². The molecule has 0 unspecified atom stereocenters. The first-order chi connectivity index (χ1) is 14.4. The monoisotopic (exact) mass is 426 g/mol. The van der Waals surface area contributed by atoms with E-state index in [-0.39, 0.29) is 62.8 Å². The summed E-state index contributed by atoms with van der Waals surface area (Å²) in [5.41, 5.74) is 0.339. The summed E-state index contributed by atoms with van der Waals surface area (Å²) < 4.78 is 38.1. The minimum atomic E-state index is -0.738. The second-order valence-electron chi connectivity index (χ2n) is 7.79. The highest BCUT2D eigenvalue weighted by molar-refractivity contribution is 5.77. The molecule has 0 spiro atoms. The van der Waals surface area contributed by atoms with Gasteiger partial charge in [0.15, 0.2) is 0 Å². The molecule has 9 heteroatoms. The van der Waals surface area contributed by atoms with Crippen LogP contribution in [0.2, 0.25) is 0 Å². The molecule has 3 rings (SSSR count). The Hall–Kier alpha value is -2.10. The molecule has 2 amide bonds. The molecule has 2 heterocycles. The van der Waals surface area contributed by atoms with E-state index in [0.717, 1.165) is 6.07 Å². The molecule has 1 aromatic carbocycles. The zero-order chi connectivity index (χ0) is 21.7. The first-order valence-electron chi connectivity index (χ1n) is 10.3. The van der Waals surface area contributed by atoms with Gasteiger partial charge in [0.05, 0.1) is 37.9 Å². The van der Waals surface area contributed by atoms with Gasteiger partial charge in [0.2, 0.25) is 11.8 Å². The van der Waals surface area contributed by atoms with Crippen LogP contribution in [0, 0.1) is 11.6 Å². The van der Waals surface area contributed by atoms with E-state index in [1.165, 1.54) is 12.1 Å². The van der Waals surface area contributed by atoms with E-state index < -0.39 is 17.7 Å². The third kappa shape index (κ3) is 5.96. The van der Waals surface area contributed by atoms with Crippen LogP contribution in [-0.4, -0.2) is 65.9 Å². The number of fused-ring (bicyclic) bond motifs is 1. The van der Waals surface area contributed by atoms with Crippen molar-refractivity contribution in [1.29, 1.82) is 0 Å². The number of aliphatic hydroxyl groups excluding tert-OH is 1. The van der Waals surface area contributed by atoms with Gasteiger partial charge in [0.1, 0.15) is 17.7 Å². The summed E-state index contributed by atoms with van der Waals surface area (Å²) in [6.07, 6.45) is 0.192. The minimum Gasteiger partial charge on any atom is -0.389 e. The van der Waals surface area contributed by atoms with Crippen molar-refractivity contribution in [2.24, 2.45) is 0 Å². The zero-order valence-electron chi connectivity index (χ0n) is 17.0. The lowest BCUT2D eigenvalue weighted by Crippen LogP contribution is -2.57. The van der Waals surface area contributed by atoms with Crippen LogP contribution in [0.5, 0.6) is 0 Å². The quantitative estimate of drug-likeness (QED) is 0.746. The molecule has 0 aromatic heterocycles. The number of ether oxygens (including phenoxy) is 2. The van der Waals surface area contributed by atoms with Crippen LogP contribution in [0.3, 0.4) is 0 Å². The molecular weight excluding hydrogens is 398 g/mol. The molecule has 7 nitrogen and oxygen atoms in total. The predicted molar refractivity (Wildman–Crippen MR) is 103 cm³/mol. The number of benzene rings is 1. The molecule has 0 saturated carbocycles. The maximum atomic E-state index is 13.3. The Labute approximate surface area is 174 Å². The van der Waals surface area contributed by atoms with Gasteiger partial charge in [-0.05, 0) is 30.5 Å². The largest absolute Gasteiger partial charge is 0.389 e. The molecule has 0 radical (unpaired) electrons. The van der Waals surface area contributed by atoms with Crippen LogP contribution in [0.1, 0.15) is 38.2 Å². The maximum absolute atomic E-state index is 13.3. The molecule has 2 aliphatic rings. The Morgan fingerprint density at radius 2 is 1.93 bits per heavy atom. The molecule has 0 bridgehead atoms. The van der Waals surface area contributed by atoms with Gasteiger partial charge in [0, 0.05) is 25.6 Å². The lowest BCUT2D eigenvalue weighted by Gasteiger charge is -2.44. The van der Waals surface area contributed by atoms with E-state index in [0.29, 0.717) is 24.8 Å². The van der Waals surface area contributed by atoms with Crippen LogP contribution in [0.25, 0.3) is 0 Å². The molecule has 2 fully saturated rings. The number of rotatable bonds is 5. The van der Waals surface area contributed by atoms with E-state index in [1.807, 2.05) is 0 Å². The fourth-order valence-corrected chi connectivity index (χ4v) is 4.02. The van der Waals surface area contributed by atoms with Crippen LogP contribution >= 0.6 is 0 Å². The topological polar surface area (TPSA) is 88.1 Å². The zero-order valence-corrected chi connectivity index (χ0v) is 17.0.